The summed E-state index contributed by atoms with van der Waals surface area (Å²) in [5.74, 6) is -0.609. The lowest BCUT2D eigenvalue weighted by molar-refractivity contribution is 0.0381. The van der Waals surface area contributed by atoms with Gasteiger partial charge in [0.25, 0.3) is 6.43 Å². The van der Waals surface area contributed by atoms with Crippen LogP contribution in [0, 0.1) is 5.82 Å². The third-order valence-corrected chi connectivity index (χ3v) is 2.48. The van der Waals surface area contributed by atoms with Gasteiger partial charge in [0.05, 0.1) is 6.20 Å². The minimum atomic E-state index is -2.62. The predicted molar refractivity (Wildman–Crippen MR) is 55.8 cm³/mol. The van der Waals surface area contributed by atoms with Gasteiger partial charge in [0.1, 0.15) is 11.4 Å². The van der Waals surface area contributed by atoms with Crippen molar-refractivity contribution in [3.05, 3.63) is 29.8 Å². The van der Waals surface area contributed by atoms with Crippen molar-refractivity contribution in [2.24, 2.45) is 0 Å². The van der Waals surface area contributed by atoms with Gasteiger partial charge in [-0.25, -0.2) is 13.2 Å². The van der Waals surface area contributed by atoms with Crippen LogP contribution in [0.4, 0.5) is 13.2 Å². The van der Waals surface area contributed by atoms with Crippen LogP contribution in [0.25, 0.3) is 0 Å². The van der Waals surface area contributed by atoms with Crippen LogP contribution < -0.4 is 5.32 Å². The SMILES string of the molecule is CCCNC(C)(c1cncc(F)c1)C(F)F. The fraction of sp³-hybridized carbons (Fsp3) is 0.545. The fourth-order valence-electron chi connectivity index (χ4n) is 1.39. The van der Waals surface area contributed by atoms with Crippen molar-refractivity contribution in [1.29, 1.82) is 0 Å². The van der Waals surface area contributed by atoms with E-state index in [0.717, 1.165) is 18.7 Å². The second kappa shape index (κ2) is 5.30. The van der Waals surface area contributed by atoms with Gasteiger partial charge in [0.15, 0.2) is 0 Å². The molecule has 0 fully saturated rings. The first kappa shape index (κ1) is 13.0. The second-order valence-electron chi connectivity index (χ2n) is 3.82. The number of hydrogen-bond acceptors (Lipinski definition) is 2. The molecule has 1 aromatic heterocycles. The van der Waals surface area contributed by atoms with Crippen LogP contribution in [0.5, 0.6) is 0 Å². The van der Waals surface area contributed by atoms with Gasteiger partial charge in [-0.05, 0) is 31.5 Å². The summed E-state index contributed by atoms with van der Waals surface area (Å²) in [4.78, 5) is 3.59. The Morgan fingerprint density at radius 3 is 2.62 bits per heavy atom. The summed E-state index contributed by atoms with van der Waals surface area (Å²) in [6.07, 6.45) is 0.362. The van der Waals surface area contributed by atoms with Gasteiger partial charge in [-0.1, -0.05) is 6.92 Å². The Morgan fingerprint density at radius 2 is 2.12 bits per heavy atom. The monoisotopic (exact) mass is 232 g/mol. The predicted octanol–water partition coefficient (Wildman–Crippen LogP) is 2.70. The summed E-state index contributed by atoms with van der Waals surface area (Å²) in [5, 5.41) is 2.73. The minimum absolute atomic E-state index is 0.163. The van der Waals surface area contributed by atoms with Crippen molar-refractivity contribution >= 4 is 0 Å². The molecule has 1 aromatic rings. The van der Waals surface area contributed by atoms with Crippen molar-refractivity contribution in [3.8, 4) is 0 Å². The van der Waals surface area contributed by atoms with Gasteiger partial charge >= 0.3 is 0 Å². The smallest absolute Gasteiger partial charge is 0.260 e. The van der Waals surface area contributed by atoms with E-state index < -0.39 is 17.8 Å². The molecule has 1 heterocycles. The molecule has 1 atom stereocenters. The number of rotatable bonds is 5. The molecule has 90 valence electrons. The molecule has 1 unspecified atom stereocenters. The molecule has 0 bridgehead atoms. The average molecular weight is 232 g/mol. The van der Waals surface area contributed by atoms with E-state index in [1.807, 2.05) is 6.92 Å². The molecule has 0 saturated carbocycles. The molecular weight excluding hydrogens is 217 g/mol. The molecule has 0 saturated heterocycles. The van der Waals surface area contributed by atoms with E-state index in [9.17, 15) is 13.2 Å². The van der Waals surface area contributed by atoms with E-state index in [-0.39, 0.29) is 5.56 Å². The Bertz CT molecular complexity index is 344. The number of alkyl halides is 2. The van der Waals surface area contributed by atoms with Crippen molar-refractivity contribution in [3.63, 3.8) is 0 Å². The fourth-order valence-corrected chi connectivity index (χ4v) is 1.39. The van der Waals surface area contributed by atoms with Crippen molar-refractivity contribution in [2.45, 2.75) is 32.2 Å². The van der Waals surface area contributed by atoms with E-state index in [1.54, 1.807) is 0 Å². The number of aromatic nitrogens is 1. The zero-order valence-electron chi connectivity index (χ0n) is 9.30. The molecular formula is C11H15F3N2. The zero-order chi connectivity index (χ0) is 12.2. The first-order valence-electron chi connectivity index (χ1n) is 5.15. The van der Waals surface area contributed by atoms with Gasteiger partial charge in [0, 0.05) is 6.20 Å². The van der Waals surface area contributed by atoms with E-state index in [4.69, 9.17) is 0 Å². The molecule has 0 spiro atoms. The molecule has 1 rings (SSSR count). The van der Waals surface area contributed by atoms with E-state index in [1.165, 1.54) is 13.1 Å². The molecule has 0 radical (unpaired) electrons. The van der Waals surface area contributed by atoms with Gasteiger partial charge < -0.3 is 5.32 Å². The topological polar surface area (TPSA) is 24.9 Å². The molecule has 0 aliphatic heterocycles. The van der Waals surface area contributed by atoms with Crippen LogP contribution in [0.1, 0.15) is 25.8 Å². The standard InChI is InChI=1S/C11H15F3N2/c1-3-4-16-11(2,10(13)14)8-5-9(12)7-15-6-8/h5-7,10,16H,3-4H2,1-2H3. The van der Waals surface area contributed by atoms with Crippen molar-refractivity contribution < 1.29 is 13.2 Å². The third-order valence-electron chi connectivity index (χ3n) is 2.48. The molecule has 0 aliphatic carbocycles. The molecule has 0 amide bonds. The lowest BCUT2D eigenvalue weighted by atomic mass is 9.93. The third kappa shape index (κ3) is 2.72. The van der Waals surface area contributed by atoms with Gasteiger partial charge in [-0.15, -0.1) is 0 Å². The number of nitrogens with one attached hydrogen (secondary N) is 1. The van der Waals surface area contributed by atoms with Crippen LogP contribution >= 0.6 is 0 Å². The number of pyridine rings is 1. The Kier molecular flexibility index (Phi) is 4.29. The number of nitrogens with zero attached hydrogens (tertiary/aromatic N) is 1. The van der Waals surface area contributed by atoms with Crippen LogP contribution in [-0.4, -0.2) is 18.0 Å². The second-order valence-corrected chi connectivity index (χ2v) is 3.82. The molecule has 1 N–H and O–H groups in total. The zero-order valence-corrected chi connectivity index (χ0v) is 9.30. The first-order valence-corrected chi connectivity index (χ1v) is 5.15. The highest BCUT2D eigenvalue weighted by molar-refractivity contribution is 5.21. The lowest BCUT2D eigenvalue weighted by Crippen LogP contribution is -2.46. The summed E-state index contributed by atoms with van der Waals surface area (Å²) in [6, 6.07) is 1.09. The Hall–Kier alpha value is -1.10. The van der Waals surface area contributed by atoms with Crippen molar-refractivity contribution in [1.82, 2.24) is 10.3 Å². The number of hydrogen-bond donors (Lipinski definition) is 1. The molecule has 5 heteroatoms. The van der Waals surface area contributed by atoms with Gasteiger partial charge in [0.2, 0.25) is 0 Å². The molecule has 0 aromatic carbocycles. The summed E-state index contributed by atoms with van der Waals surface area (Å²) in [7, 11) is 0. The van der Waals surface area contributed by atoms with Crippen LogP contribution in [0.15, 0.2) is 18.5 Å². The average Bonchev–Trinajstić information content (AvgIpc) is 2.25. The quantitative estimate of drug-likeness (QED) is 0.844. The van der Waals surface area contributed by atoms with E-state index in [2.05, 4.69) is 10.3 Å². The first-order chi connectivity index (χ1) is 7.50. The summed E-state index contributed by atoms with van der Waals surface area (Å²) >= 11 is 0. The maximum absolute atomic E-state index is 13.0. The highest BCUT2D eigenvalue weighted by Gasteiger charge is 2.36. The highest BCUT2D eigenvalue weighted by atomic mass is 19.3. The Morgan fingerprint density at radius 1 is 1.44 bits per heavy atom. The van der Waals surface area contributed by atoms with Crippen LogP contribution in [0.3, 0.4) is 0 Å². The maximum Gasteiger partial charge on any atom is 0.260 e. The molecule has 2 nitrogen and oxygen atoms in total. The normalized spacial score (nSPS) is 15.1. The number of halogens is 3. The van der Waals surface area contributed by atoms with E-state index in [0.29, 0.717) is 6.54 Å². The minimum Gasteiger partial charge on any atom is -0.303 e. The summed E-state index contributed by atoms with van der Waals surface area (Å²) in [5.41, 5.74) is -1.39. The van der Waals surface area contributed by atoms with Crippen LogP contribution in [0.2, 0.25) is 0 Å². The lowest BCUT2D eigenvalue weighted by Gasteiger charge is -2.30. The molecule has 0 aliphatic rings. The maximum atomic E-state index is 13.0. The Labute approximate surface area is 92.9 Å². The van der Waals surface area contributed by atoms with Gasteiger partial charge in [-0.3, -0.25) is 4.98 Å². The summed E-state index contributed by atoms with van der Waals surface area (Å²) < 4.78 is 39.0. The van der Waals surface area contributed by atoms with Gasteiger partial charge in [-0.2, -0.15) is 0 Å². The highest BCUT2D eigenvalue weighted by Crippen LogP contribution is 2.27. The van der Waals surface area contributed by atoms with E-state index >= 15 is 0 Å². The van der Waals surface area contributed by atoms with Crippen LogP contribution in [-0.2, 0) is 5.54 Å². The largest absolute Gasteiger partial charge is 0.303 e. The molecule has 16 heavy (non-hydrogen) atoms. The van der Waals surface area contributed by atoms with Crippen molar-refractivity contribution in [2.75, 3.05) is 6.54 Å². The summed E-state index contributed by atoms with van der Waals surface area (Å²) in [6.45, 7) is 3.67. The Balaban J connectivity index is 3.01.